The smallest absolute Gasteiger partial charge is 0.395 e. The van der Waals surface area contributed by atoms with Crippen LogP contribution in [0.5, 0.6) is 0 Å². The van der Waals surface area contributed by atoms with Crippen LogP contribution in [0.1, 0.15) is 23.6 Å². The zero-order valence-electron chi connectivity index (χ0n) is 11.5. The molecule has 2 rings (SSSR count). The maximum absolute atomic E-state index is 12.7. The Balaban J connectivity index is 2.27. The van der Waals surface area contributed by atoms with E-state index in [1.807, 2.05) is 0 Å². The minimum atomic E-state index is -4.46. The molecule has 1 heterocycles. The van der Waals surface area contributed by atoms with Crippen molar-refractivity contribution in [3.8, 4) is 11.4 Å². The first-order chi connectivity index (χ1) is 10.3. The van der Waals surface area contributed by atoms with E-state index < -0.39 is 27.8 Å². The lowest BCUT2D eigenvalue weighted by molar-refractivity contribution is -0.137. The van der Waals surface area contributed by atoms with E-state index in [2.05, 4.69) is 10.1 Å². The summed E-state index contributed by atoms with van der Waals surface area (Å²) in [4.78, 5) is 3.99. The molecule has 0 amide bonds. The second kappa shape index (κ2) is 6.57. The molecular formula is C13H13F3N2O3S. The number of alkyl halides is 3. The molecule has 5 nitrogen and oxygen atoms in total. The summed E-state index contributed by atoms with van der Waals surface area (Å²) in [6.07, 6.45) is -4.46. The van der Waals surface area contributed by atoms with E-state index >= 15 is 0 Å². The Kier molecular flexibility index (Phi) is 4.97. The summed E-state index contributed by atoms with van der Waals surface area (Å²) in [5.41, 5.74) is -0.654. The molecule has 0 radical (unpaired) electrons. The monoisotopic (exact) mass is 334 g/mol. The van der Waals surface area contributed by atoms with Gasteiger partial charge in [0.1, 0.15) is 5.25 Å². The molecule has 0 spiro atoms. The van der Waals surface area contributed by atoms with Crippen LogP contribution in [0.4, 0.5) is 13.2 Å². The maximum atomic E-state index is 12.7. The lowest BCUT2D eigenvalue weighted by Crippen LogP contribution is -2.09. The van der Waals surface area contributed by atoms with Crippen molar-refractivity contribution in [2.75, 3.05) is 12.4 Å². The van der Waals surface area contributed by atoms with E-state index in [0.29, 0.717) is 0 Å². The molecule has 9 heteroatoms. The molecule has 1 aromatic carbocycles. The highest BCUT2D eigenvalue weighted by Crippen LogP contribution is 2.31. The number of hydrogen-bond donors (Lipinski definition) is 1. The molecule has 0 aliphatic rings. The van der Waals surface area contributed by atoms with E-state index in [-0.39, 0.29) is 29.6 Å². The fourth-order valence-electron chi connectivity index (χ4n) is 1.73. The van der Waals surface area contributed by atoms with Gasteiger partial charge in [-0.05, 0) is 19.1 Å². The van der Waals surface area contributed by atoms with Gasteiger partial charge in [-0.25, -0.2) is 0 Å². The Morgan fingerprint density at radius 2 is 2.14 bits per heavy atom. The van der Waals surface area contributed by atoms with Gasteiger partial charge in [0.25, 0.3) is 0 Å². The average Bonchev–Trinajstić information content (AvgIpc) is 2.95. The summed E-state index contributed by atoms with van der Waals surface area (Å²) in [6, 6.07) is 4.55. The fraction of sp³-hybridized carbons (Fsp3) is 0.385. The van der Waals surface area contributed by atoms with Crippen LogP contribution in [0.3, 0.4) is 0 Å². The van der Waals surface area contributed by atoms with Gasteiger partial charge in [-0.15, -0.1) is 0 Å². The lowest BCUT2D eigenvalue weighted by atomic mass is 10.1. The van der Waals surface area contributed by atoms with E-state index in [1.165, 1.54) is 12.1 Å². The number of benzene rings is 1. The van der Waals surface area contributed by atoms with Gasteiger partial charge in [-0.3, -0.25) is 4.21 Å². The van der Waals surface area contributed by atoms with Crippen molar-refractivity contribution < 1.29 is 27.0 Å². The van der Waals surface area contributed by atoms with Crippen molar-refractivity contribution in [3.05, 3.63) is 35.7 Å². The van der Waals surface area contributed by atoms with Crippen LogP contribution >= 0.6 is 0 Å². The van der Waals surface area contributed by atoms with Gasteiger partial charge >= 0.3 is 6.18 Å². The second-order valence-corrected chi connectivity index (χ2v) is 6.36. The minimum Gasteiger partial charge on any atom is -0.395 e. The number of nitrogens with zero attached hydrogens (tertiary/aromatic N) is 2. The maximum Gasteiger partial charge on any atom is 0.416 e. The Hall–Kier alpha value is -1.74. The van der Waals surface area contributed by atoms with Gasteiger partial charge in [0.2, 0.25) is 11.7 Å². The molecule has 120 valence electrons. The third-order valence-corrected chi connectivity index (χ3v) is 4.50. The normalized spacial score (nSPS) is 14.8. The Morgan fingerprint density at radius 3 is 2.77 bits per heavy atom. The molecule has 0 saturated heterocycles. The Bertz CT molecular complexity index is 673. The zero-order chi connectivity index (χ0) is 16.3. The van der Waals surface area contributed by atoms with Crippen LogP contribution < -0.4 is 0 Å². The zero-order valence-corrected chi connectivity index (χ0v) is 12.3. The van der Waals surface area contributed by atoms with Crippen LogP contribution in [0.15, 0.2) is 28.8 Å². The third-order valence-electron chi connectivity index (χ3n) is 2.92. The standard InChI is InChI=1S/C13H13F3N2O3S/c1-8(22(20)6-5-19)12-17-11(18-21-12)9-3-2-4-10(7-9)13(14,15)16/h2-4,7-8,19H,5-6H2,1H3. The van der Waals surface area contributed by atoms with Crippen molar-refractivity contribution in [1.29, 1.82) is 0 Å². The van der Waals surface area contributed by atoms with Crippen LogP contribution in [0.25, 0.3) is 11.4 Å². The molecule has 2 aromatic rings. The molecule has 0 saturated carbocycles. The number of rotatable bonds is 5. The first-order valence-corrected chi connectivity index (χ1v) is 7.70. The van der Waals surface area contributed by atoms with Gasteiger partial charge in [-0.1, -0.05) is 17.3 Å². The largest absolute Gasteiger partial charge is 0.416 e. The van der Waals surface area contributed by atoms with Crippen molar-refractivity contribution in [2.24, 2.45) is 0 Å². The van der Waals surface area contributed by atoms with Gasteiger partial charge in [0, 0.05) is 22.1 Å². The summed E-state index contributed by atoms with van der Waals surface area (Å²) in [6.45, 7) is 1.33. The molecule has 2 atom stereocenters. The molecule has 0 fully saturated rings. The van der Waals surface area contributed by atoms with Crippen molar-refractivity contribution in [2.45, 2.75) is 18.3 Å². The fourth-order valence-corrected chi connectivity index (χ4v) is 2.59. The van der Waals surface area contributed by atoms with Crippen molar-refractivity contribution in [1.82, 2.24) is 10.1 Å². The van der Waals surface area contributed by atoms with Gasteiger partial charge in [0.15, 0.2) is 0 Å². The highest BCUT2D eigenvalue weighted by atomic mass is 32.2. The summed E-state index contributed by atoms with van der Waals surface area (Å²) in [7, 11) is -1.40. The quantitative estimate of drug-likeness (QED) is 0.909. The number of hydrogen-bond acceptors (Lipinski definition) is 5. The van der Waals surface area contributed by atoms with Crippen molar-refractivity contribution >= 4 is 10.8 Å². The minimum absolute atomic E-state index is 0.00560. The molecule has 0 aliphatic carbocycles. The number of aromatic nitrogens is 2. The van der Waals surface area contributed by atoms with Crippen LogP contribution in [-0.2, 0) is 17.0 Å². The number of aliphatic hydroxyl groups is 1. The molecule has 1 N–H and O–H groups in total. The first kappa shape index (κ1) is 16.6. The predicted molar refractivity (Wildman–Crippen MR) is 73.2 cm³/mol. The van der Waals surface area contributed by atoms with Gasteiger partial charge in [-0.2, -0.15) is 18.2 Å². The number of halogens is 3. The first-order valence-electron chi connectivity index (χ1n) is 6.32. The highest BCUT2D eigenvalue weighted by molar-refractivity contribution is 7.85. The Labute approximate surface area is 126 Å². The molecule has 0 aliphatic heterocycles. The SMILES string of the molecule is CC(c1nc(-c2cccc(C(F)(F)F)c2)no1)S(=O)CCO. The molecule has 22 heavy (non-hydrogen) atoms. The lowest BCUT2D eigenvalue weighted by Gasteiger charge is -2.06. The summed E-state index contributed by atoms with van der Waals surface area (Å²) in [5, 5.41) is 11.8. The summed E-state index contributed by atoms with van der Waals surface area (Å²) in [5.74, 6) is 0.107. The Morgan fingerprint density at radius 1 is 1.41 bits per heavy atom. The molecular weight excluding hydrogens is 321 g/mol. The van der Waals surface area contributed by atoms with Crippen LogP contribution in [-0.4, -0.2) is 31.8 Å². The van der Waals surface area contributed by atoms with Crippen LogP contribution in [0, 0.1) is 0 Å². The summed E-state index contributed by atoms with van der Waals surface area (Å²) < 4.78 is 54.7. The number of aliphatic hydroxyl groups excluding tert-OH is 1. The second-order valence-electron chi connectivity index (χ2n) is 4.49. The van der Waals surface area contributed by atoms with E-state index in [1.54, 1.807) is 6.92 Å². The highest BCUT2D eigenvalue weighted by Gasteiger charge is 2.31. The van der Waals surface area contributed by atoms with Crippen molar-refractivity contribution in [3.63, 3.8) is 0 Å². The molecule has 2 unspecified atom stereocenters. The molecule has 0 bridgehead atoms. The summed E-state index contributed by atoms with van der Waals surface area (Å²) >= 11 is 0. The van der Waals surface area contributed by atoms with Crippen LogP contribution in [0.2, 0.25) is 0 Å². The van der Waals surface area contributed by atoms with Gasteiger partial charge in [0.05, 0.1) is 12.2 Å². The van der Waals surface area contributed by atoms with E-state index in [0.717, 1.165) is 12.1 Å². The topological polar surface area (TPSA) is 76.2 Å². The average molecular weight is 334 g/mol. The van der Waals surface area contributed by atoms with E-state index in [4.69, 9.17) is 9.63 Å². The predicted octanol–water partition coefficient (Wildman–Crippen LogP) is 2.56. The molecule has 1 aromatic heterocycles. The van der Waals surface area contributed by atoms with E-state index in [9.17, 15) is 17.4 Å². The third kappa shape index (κ3) is 3.72. The van der Waals surface area contributed by atoms with Gasteiger partial charge < -0.3 is 9.63 Å².